The second-order valence-electron chi connectivity index (χ2n) is 8.08. The summed E-state index contributed by atoms with van der Waals surface area (Å²) in [7, 11) is 0. The summed E-state index contributed by atoms with van der Waals surface area (Å²) in [6.45, 7) is 7.60. The number of nitrogens with zero attached hydrogens (tertiary/aromatic N) is 2. The molecule has 2 aromatic carbocycles. The van der Waals surface area contributed by atoms with Gasteiger partial charge in [-0.3, -0.25) is 9.69 Å². The molecule has 2 aliphatic heterocycles. The van der Waals surface area contributed by atoms with Crippen molar-refractivity contribution in [1.29, 1.82) is 0 Å². The Labute approximate surface area is 173 Å². The van der Waals surface area contributed by atoms with Gasteiger partial charge in [0.15, 0.2) is 0 Å². The lowest BCUT2D eigenvalue weighted by molar-refractivity contribution is 0.0608. The van der Waals surface area contributed by atoms with Gasteiger partial charge in [0, 0.05) is 38.3 Å². The van der Waals surface area contributed by atoms with Crippen molar-refractivity contribution in [1.82, 2.24) is 15.1 Å². The number of benzene rings is 2. The molecule has 0 bridgehead atoms. The van der Waals surface area contributed by atoms with Crippen LogP contribution in [0.25, 0.3) is 0 Å². The van der Waals surface area contributed by atoms with E-state index in [1.54, 1.807) is 0 Å². The van der Waals surface area contributed by atoms with Crippen molar-refractivity contribution < 1.29 is 9.53 Å². The maximum atomic E-state index is 12.8. The molecule has 2 saturated heterocycles. The molecular formula is C24H31N3O2. The lowest BCUT2D eigenvalue weighted by Crippen LogP contribution is -2.50. The van der Waals surface area contributed by atoms with Gasteiger partial charge in [-0.2, -0.15) is 0 Å². The fourth-order valence-corrected chi connectivity index (χ4v) is 4.18. The topological polar surface area (TPSA) is 44.8 Å². The maximum absolute atomic E-state index is 12.8. The molecule has 2 aliphatic rings. The molecule has 0 radical (unpaired) electrons. The summed E-state index contributed by atoms with van der Waals surface area (Å²) < 4.78 is 5.82. The smallest absolute Gasteiger partial charge is 0.253 e. The van der Waals surface area contributed by atoms with Gasteiger partial charge < -0.3 is 15.0 Å². The molecule has 2 aromatic rings. The van der Waals surface area contributed by atoms with Crippen LogP contribution in [0.4, 0.5) is 0 Å². The number of amides is 1. The van der Waals surface area contributed by atoms with Crippen LogP contribution in [0.2, 0.25) is 0 Å². The van der Waals surface area contributed by atoms with Gasteiger partial charge in [0.05, 0.1) is 0 Å². The van der Waals surface area contributed by atoms with E-state index in [9.17, 15) is 4.79 Å². The molecule has 5 heteroatoms. The number of nitrogens with one attached hydrogen (secondary N) is 1. The minimum atomic E-state index is 0.126. The number of piperidine rings is 1. The molecule has 5 nitrogen and oxygen atoms in total. The number of carbonyl (C=O) groups excluding carboxylic acids is 1. The lowest BCUT2D eigenvalue weighted by Gasteiger charge is -2.37. The van der Waals surface area contributed by atoms with Gasteiger partial charge in [-0.15, -0.1) is 0 Å². The predicted octanol–water partition coefficient (Wildman–Crippen LogP) is 3.02. The lowest BCUT2D eigenvalue weighted by atomic mass is 9.97. The third-order valence-corrected chi connectivity index (χ3v) is 5.98. The third-order valence-electron chi connectivity index (χ3n) is 5.98. The highest BCUT2D eigenvalue weighted by Gasteiger charge is 2.24. The Hall–Kier alpha value is -2.37. The Morgan fingerprint density at radius 2 is 1.62 bits per heavy atom. The summed E-state index contributed by atoms with van der Waals surface area (Å²) in [6, 6.07) is 17.6. The largest absolute Gasteiger partial charge is 0.489 e. The zero-order valence-electron chi connectivity index (χ0n) is 17.1. The van der Waals surface area contributed by atoms with E-state index < -0.39 is 0 Å². The molecule has 1 amide bonds. The third kappa shape index (κ3) is 5.58. The van der Waals surface area contributed by atoms with Crippen molar-refractivity contribution in [3.05, 3.63) is 65.7 Å². The number of hydrogen-bond acceptors (Lipinski definition) is 4. The van der Waals surface area contributed by atoms with Gasteiger partial charge >= 0.3 is 0 Å². The number of ether oxygens (including phenoxy) is 1. The Morgan fingerprint density at radius 3 is 2.31 bits per heavy atom. The molecule has 0 saturated carbocycles. The second-order valence-corrected chi connectivity index (χ2v) is 8.08. The molecule has 29 heavy (non-hydrogen) atoms. The first-order chi connectivity index (χ1) is 14.3. The summed E-state index contributed by atoms with van der Waals surface area (Å²) >= 11 is 0. The van der Waals surface area contributed by atoms with Crippen LogP contribution >= 0.6 is 0 Å². The van der Waals surface area contributed by atoms with Gasteiger partial charge in [-0.1, -0.05) is 30.3 Å². The SMILES string of the molecule is O=C(c1ccc(OCc2ccccc2)cc1)N1CCN(CC2CCNCC2)CC1. The Bertz CT molecular complexity index is 764. The average molecular weight is 394 g/mol. The highest BCUT2D eigenvalue weighted by Crippen LogP contribution is 2.18. The van der Waals surface area contributed by atoms with Gasteiger partial charge in [0.25, 0.3) is 5.91 Å². The first-order valence-corrected chi connectivity index (χ1v) is 10.8. The van der Waals surface area contributed by atoms with Gasteiger partial charge in [-0.25, -0.2) is 0 Å². The quantitative estimate of drug-likeness (QED) is 0.819. The van der Waals surface area contributed by atoms with Gasteiger partial charge in [-0.05, 0) is 61.7 Å². The minimum absolute atomic E-state index is 0.126. The predicted molar refractivity (Wildman–Crippen MR) is 115 cm³/mol. The van der Waals surface area contributed by atoms with Crippen molar-refractivity contribution in [3.63, 3.8) is 0 Å². The van der Waals surface area contributed by atoms with Gasteiger partial charge in [0.1, 0.15) is 12.4 Å². The number of piperazine rings is 1. The fraction of sp³-hybridized carbons (Fsp3) is 0.458. The first-order valence-electron chi connectivity index (χ1n) is 10.8. The van der Waals surface area contributed by atoms with Crippen molar-refractivity contribution in [2.24, 2.45) is 5.92 Å². The molecule has 0 aliphatic carbocycles. The van der Waals surface area contributed by atoms with E-state index in [0.717, 1.165) is 62.1 Å². The van der Waals surface area contributed by atoms with Crippen molar-refractivity contribution in [2.75, 3.05) is 45.8 Å². The van der Waals surface area contributed by atoms with Gasteiger partial charge in [0.2, 0.25) is 0 Å². The van der Waals surface area contributed by atoms with Crippen LogP contribution in [0.1, 0.15) is 28.8 Å². The van der Waals surface area contributed by atoms with E-state index >= 15 is 0 Å². The van der Waals surface area contributed by atoms with Crippen molar-refractivity contribution >= 4 is 5.91 Å². The van der Waals surface area contributed by atoms with Crippen LogP contribution in [0.5, 0.6) is 5.75 Å². The van der Waals surface area contributed by atoms with Crippen LogP contribution < -0.4 is 10.1 Å². The molecule has 154 valence electrons. The van der Waals surface area contributed by atoms with E-state index in [1.807, 2.05) is 59.5 Å². The summed E-state index contributed by atoms with van der Waals surface area (Å²) in [6.07, 6.45) is 2.55. The van der Waals surface area contributed by atoms with E-state index in [1.165, 1.54) is 19.4 Å². The average Bonchev–Trinajstić information content (AvgIpc) is 2.79. The molecular weight excluding hydrogens is 362 g/mol. The Kier molecular flexibility index (Phi) is 6.80. The van der Waals surface area contributed by atoms with Crippen LogP contribution in [0, 0.1) is 5.92 Å². The number of rotatable bonds is 6. The summed E-state index contributed by atoms with van der Waals surface area (Å²) in [5, 5.41) is 3.43. The normalized spacial score (nSPS) is 18.6. The summed E-state index contributed by atoms with van der Waals surface area (Å²) in [5.41, 5.74) is 1.87. The molecule has 0 atom stereocenters. The molecule has 2 heterocycles. The molecule has 0 spiro atoms. The van der Waals surface area contributed by atoms with Crippen molar-refractivity contribution in [3.8, 4) is 5.75 Å². The van der Waals surface area contributed by atoms with E-state index in [4.69, 9.17) is 4.74 Å². The minimum Gasteiger partial charge on any atom is -0.489 e. The summed E-state index contributed by atoms with van der Waals surface area (Å²) in [4.78, 5) is 17.4. The second kappa shape index (κ2) is 9.90. The molecule has 2 fully saturated rings. The Morgan fingerprint density at radius 1 is 0.931 bits per heavy atom. The van der Waals surface area contributed by atoms with E-state index in [2.05, 4.69) is 10.2 Å². The molecule has 0 aromatic heterocycles. The molecule has 4 rings (SSSR count). The van der Waals surface area contributed by atoms with E-state index in [-0.39, 0.29) is 5.91 Å². The number of hydrogen-bond donors (Lipinski definition) is 1. The standard InChI is InChI=1S/C24H31N3O2/c28-24(27-16-14-26(15-17-27)18-20-10-12-25-13-11-20)22-6-8-23(9-7-22)29-19-21-4-2-1-3-5-21/h1-9,20,25H,10-19H2. The molecule has 1 N–H and O–H groups in total. The first kappa shape index (κ1) is 19.9. The number of carbonyl (C=O) groups is 1. The Balaban J connectivity index is 1.24. The van der Waals surface area contributed by atoms with Crippen LogP contribution in [0.3, 0.4) is 0 Å². The highest BCUT2D eigenvalue weighted by molar-refractivity contribution is 5.94. The maximum Gasteiger partial charge on any atom is 0.253 e. The zero-order chi connectivity index (χ0) is 19.9. The highest BCUT2D eigenvalue weighted by atomic mass is 16.5. The van der Waals surface area contributed by atoms with Crippen LogP contribution in [0.15, 0.2) is 54.6 Å². The summed E-state index contributed by atoms with van der Waals surface area (Å²) in [5.74, 6) is 1.72. The van der Waals surface area contributed by atoms with Crippen LogP contribution in [-0.4, -0.2) is 61.5 Å². The molecule has 0 unspecified atom stereocenters. The monoisotopic (exact) mass is 393 g/mol. The van der Waals surface area contributed by atoms with Crippen molar-refractivity contribution in [2.45, 2.75) is 19.4 Å². The fourth-order valence-electron chi connectivity index (χ4n) is 4.18. The van der Waals surface area contributed by atoms with E-state index in [0.29, 0.717) is 6.61 Å². The van der Waals surface area contributed by atoms with Crippen LogP contribution in [-0.2, 0) is 6.61 Å². The zero-order valence-corrected chi connectivity index (χ0v) is 17.1.